The van der Waals surface area contributed by atoms with E-state index in [1.54, 1.807) is 12.1 Å². The summed E-state index contributed by atoms with van der Waals surface area (Å²) in [5.74, 6) is -1.85. The van der Waals surface area contributed by atoms with Gasteiger partial charge >= 0.3 is 5.97 Å². The molecule has 1 amide bonds. The van der Waals surface area contributed by atoms with Gasteiger partial charge in [-0.15, -0.1) is 0 Å². The van der Waals surface area contributed by atoms with Crippen LogP contribution in [-0.4, -0.2) is 38.3 Å². The van der Waals surface area contributed by atoms with Crippen LogP contribution >= 0.6 is 0 Å². The number of aryl methyl sites for hydroxylation is 1. The molecule has 0 bridgehead atoms. The highest BCUT2D eigenvalue weighted by Crippen LogP contribution is 2.27. The molecule has 23 heavy (non-hydrogen) atoms. The first-order chi connectivity index (χ1) is 10.8. The van der Waals surface area contributed by atoms with Gasteiger partial charge in [-0.25, -0.2) is 12.7 Å². The maximum Gasteiger partial charge on any atom is 0.309 e. The Labute approximate surface area is 135 Å². The molecule has 0 saturated carbocycles. The van der Waals surface area contributed by atoms with Gasteiger partial charge in [0.05, 0.1) is 24.5 Å². The summed E-state index contributed by atoms with van der Waals surface area (Å²) in [4.78, 5) is 24.1. The first kappa shape index (κ1) is 17.2. The normalized spacial score (nSPS) is 19.4. The van der Waals surface area contributed by atoms with Gasteiger partial charge < -0.3 is 4.74 Å². The number of carbonyl (C=O) groups excluding carboxylic acids is 2. The molecule has 0 aliphatic carbocycles. The van der Waals surface area contributed by atoms with Crippen molar-refractivity contribution >= 4 is 21.9 Å². The molecule has 0 radical (unpaired) electrons. The number of ether oxygens (including phenoxy) is 1. The molecule has 1 aliphatic rings. The summed E-state index contributed by atoms with van der Waals surface area (Å²) in [6.45, 7) is 5.50. The zero-order valence-electron chi connectivity index (χ0n) is 13.1. The van der Waals surface area contributed by atoms with Gasteiger partial charge in [-0.05, 0) is 25.5 Å². The maximum atomic E-state index is 12.7. The zero-order valence-corrected chi connectivity index (χ0v) is 13.9. The van der Waals surface area contributed by atoms with Crippen molar-refractivity contribution in [2.24, 2.45) is 5.92 Å². The van der Waals surface area contributed by atoms with E-state index in [-0.39, 0.29) is 24.3 Å². The molecule has 6 nitrogen and oxygen atoms in total. The van der Waals surface area contributed by atoms with Crippen LogP contribution < -0.4 is 0 Å². The van der Waals surface area contributed by atoms with Crippen molar-refractivity contribution in [2.75, 3.05) is 13.7 Å². The molecule has 0 spiro atoms. The number of rotatable bonds is 3. The minimum absolute atomic E-state index is 0.0424. The van der Waals surface area contributed by atoms with Crippen LogP contribution in [0.2, 0.25) is 0 Å². The number of esters is 1. The molecule has 7 heteroatoms. The second kappa shape index (κ2) is 6.54. The molecule has 1 heterocycles. The Balaban J connectivity index is 2.34. The highest BCUT2D eigenvalue weighted by molar-refractivity contribution is 7.89. The second-order valence-electron chi connectivity index (χ2n) is 5.60. The first-order valence-corrected chi connectivity index (χ1v) is 8.56. The summed E-state index contributed by atoms with van der Waals surface area (Å²) in [6, 6.07) is 6.26. The lowest BCUT2D eigenvalue weighted by molar-refractivity contribution is -0.147. The lowest BCUT2D eigenvalue weighted by atomic mass is 9.98. The van der Waals surface area contributed by atoms with Crippen LogP contribution in [-0.2, 0) is 24.3 Å². The summed E-state index contributed by atoms with van der Waals surface area (Å²) in [5.41, 5.74) is 1.42. The van der Waals surface area contributed by atoms with Crippen molar-refractivity contribution in [3.05, 3.63) is 42.0 Å². The third-order valence-corrected chi connectivity index (χ3v) is 5.53. The van der Waals surface area contributed by atoms with Crippen LogP contribution in [0.15, 0.2) is 41.3 Å². The van der Waals surface area contributed by atoms with Gasteiger partial charge in [0, 0.05) is 6.42 Å². The van der Waals surface area contributed by atoms with E-state index in [1.165, 1.54) is 19.2 Å². The Bertz CT molecular complexity index is 736. The van der Waals surface area contributed by atoms with E-state index in [2.05, 4.69) is 11.3 Å². The average Bonchev–Trinajstić information content (AvgIpc) is 2.66. The first-order valence-electron chi connectivity index (χ1n) is 7.12. The quantitative estimate of drug-likeness (QED) is 0.619. The number of methoxy groups -OCH3 is 1. The van der Waals surface area contributed by atoms with Crippen LogP contribution in [0.3, 0.4) is 0 Å². The van der Waals surface area contributed by atoms with E-state index in [1.807, 2.05) is 6.92 Å². The fourth-order valence-electron chi connectivity index (χ4n) is 2.48. The van der Waals surface area contributed by atoms with Gasteiger partial charge in [0.15, 0.2) is 0 Å². The van der Waals surface area contributed by atoms with Gasteiger partial charge in [0.2, 0.25) is 5.91 Å². The van der Waals surface area contributed by atoms with E-state index < -0.39 is 27.8 Å². The topological polar surface area (TPSA) is 80.8 Å². The predicted octanol–water partition coefficient (Wildman–Crippen LogP) is 1.65. The Morgan fingerprint density at radius 2 is 1.87 bits per heavy atom. The molecule has 1 aromatic rings. The smallest absolute Gasteiger partial charge is 0.309 e. The van der Waals surface area contributed by atoms with Gasteiger partial charge in [0.1, 0.15) is 0 Å². The molecule has 2 rings (SSSR count). The number of amides is 1. The Morgan fingerprint density at radius 1 is 1.26 bits per heavy atom. The molecule has 0 N–H and O–H groups in total. The minimum Gasteiger partial charge on any atom is -0.469 e. The minimum atomic E-state index is -3.97. The lowest BCUT2D eigenvalue weighted by Crippen LogP contribution is -2.37. The van der Waals surface area contributed by atoms with Crippen LogP contribution in [0.4, 0.5) is 0 Å². The second-order valence-corrected chi connectivity index (χ2v) is 7.46. The Morgan fingerprint density at radius 3 is 2.43 bits per heavy atom. The van der Waals surface area contributed by atoms with Crippen LogP contribution in [0.5, 0.6) is 0 Å². The number of hydrogen-bond donors (Lipinski definition) is 0. The van der Waals surface area contributed by atoms with E-state index in [0.717, 1.165) is 9.87 Å². The van der Waals surface area contributed by atoms with E-state index in [0.29, 0.717) is 5.57 Å². The van der Waals surface area contributed by atoms with Crippen LogP contribution in [0.1, 0.15) is 18.4 Å². The molecular formula is C16H19NO5S. The SMILES string of the molecule is C=C1CC(C(=O)OC)CC(=O)N(S(=O)(=O)c2ccc(C)cc2)C1. The molecule has 1 saturated heterocycles. The van der Waals surface area contributed by atoms with Gasteiger partial charge in [-0.3, -0.25) is 9.59 Å². The highest BCUT2D eigenvalue weighted by Gasteiger charge is 2.36. The molecule has 124 valence electrons. The van der Waals surface area contributed by atoms with Crippen molar-refractivity contribution in [3.63, 3.8) is 0 Å². The largest absolute Gasteiger partial charge is 0.469 e. The van der Waals surface area contributed by atoms with Gasteiger partial charge in [0.25, 0.3) is 10.0 Å². The molecule has 1 fully saturated rings. The van der Waals surface area contributed by atoms with E-state index >= 15 is 0 Å². The third kappa shape index (κ3) is 3.61. The van der Waals surface area contributed by atoms with E-state index in [9.17, 15) is 18.0 Å². The molecule has 0 aromatic heterocycles. The molecule has 1 unspecified atom stereocenters. The third-order valence-electron chi connectivity index (χ3n) is 3.74. The predicted molar refractivity (Wildman–Crippen MR) is 84.0 cm³/mol. The number of hydrogen-bond acceptors (Lipinski definition) is 5. The van der Waals surface area contributed by atoms with Crippen molar-refractivity contribution in [2.45, 2.75) is 24.7 Å². The summed E-state index contributed by atoms with van der Waals surface area (Å²) in [7, 11) is -2.73. The van der Waals surface area contributed by atoms with Crippen LogP contribution in [0, 0.1) is 12.8 Å². The monoisotopic (exact) mass is 337 g/mol. The summed E-state index contributed by atoms with van der Waals surface area (Å²) < 4.78 is 30.9. The maximum absolute atomic E-state index is 12.7. The number of carbonyl (C=O) groups is 2. The summed E-state index contributed by atoms with van der Waals surface area (Å²) in [6.07, 6.45) is 0.0229. The van der Waals surface area contributed by atoms with Crippen LogP contribution in [0.25, 0.3) is 0 Å². The summed E-state index contributed by atoms with van der Waals surface area (Å²) >= 11 is 0. The fourth-order valence-corrected chi connectivity index (χ4v) is 3.91. The standard InChI is InChI=1S/C16H19NO5S/c1-11-4-6-14(7-5-11)23(20,21)17-10-12(2)8-13(9-15(17)18)16(19)22-3/h4-7,13H,2,8-10H2,1,3H3. The summed E-state index contributed by atoms with van der Waals surface area (Å²) in [5, 5.41) is 0. The molecule has 1 atom stereocenters. The molecular weight excluding hydrogens is 318 g/mol. The number of nitrogens with zero attached hydrogens (tertiary/aromatic N) is 1. The van der Waals surface area contributed by atoms with Gasteiger partial charge in [-0.1, -0.05) is 29.8 Å². The van der Waals surface area contributed by atoms with Crippen molar-refractivity contribution in [1.29, 1.82) is 0 Å². The van der Waals surface area contributed by atoms with Crippen molar-refractivity contribution in [3.8, 4) is 0 Å². The number of benzene rings is 1. The fraction of sp³-hybridized carbons (Fsp3) is 0.375. The lowest BCUT2D eigenvalue weighted by Gasteiger charge is -2.21. The molecule has 1 aromatic carbocycles. The zero-order chi connectivity index (χ0) is 17.2. The van der Waals surface area contributed by atoms with E-state index in [4.69, 9.17) is 0 Å². The Kier molecular flexibility index (Phi) is 4.89. The van der Waals surface area contributed by atoms with Gasteiger partial charge in [-0.2, -0.15) is 0 Å². The van der Waals surface area contributed by atoms with Crippen molar-refractivity contribution in [1.82, 2.24) is 4.31 Å². The number of sulfonamides is 1. The average molecular weight is 337 g/mol. The van der Waals surface area contributed by atoms with Crippen molar-refractivity contribution < 1.29 is 22.7 Å². The Hall–Kier alpha value is -2.15. The highest BCUT2D eigenvalue weighted by atomic mass is 32.2. The molecule has 1 aliphatic heterocycles.